The first-order valence-corrected chi connectivity index (χ1v) is 13.9. The molecule has 30 heavy (non-hydrogen) atoms. The molecular weight excluding hydrogens is 395 g/mol. The number of hydrogen-bond donors (Lipinski definition) is 0. The molecule has 0 radical (unpaired) electrons. The Balaban J connectivity index is 0.00000407. The van der Waals surface area contributed by atoms with E-state index in [-0.39, 0.29) is 5.97 Å². The number of hydrogen-bond acceptors (Lipinski definition) is 4. The second-order valence-corrected chi connectivity index (χ2v) is 9.53. The van der Waals surface area contributed by atoms with E-state index in [0.717, 1.165) is 19.0 Å². The van der Waals surface area contributed by atoms with Gasteiger partial charge >= 0.3 is 5.97 Å². The highest BCUT2D eigenvalue weighted by Crippen LogP contribution is 2.45. The van der Waals surface area contributed by atoms with Crippen molar-refractivity contribution in [3.8, 4) is 0 Å². The van der Waals surface area contributed by atoms with Gasteiger partial charge in [0.15, 0.2) is 8.38 Å². The van der Waals surface area contributed by atoms with Gasteiger partial charge in [-0.1, -0.05) is 84.3 Å². The van der Waals surface area contributed by atoms with Gasteiger partial charge in [0.25, 0.3) is 0 Å². The molecule has 5 heteroatoms. The summed E-state index contributed by atoms with van der Waals surface area (Å²) in [7, 11) is 0.935. The Bertz CT molecular complexity index is 401. The zero-order valence-electron chi connectivity index (χ0n) is 20.3. The summed E-state index contributed by atoms with van der Waals surface area (Å²) in [5.41, 5.74) is 0. The van der Waals surface area contributed by atoms with Gasteiger partial charge in [-0.25, -0.2) is 0 Å². The van der Waals surface area contributed by atoms with Gasteiger partial charge in [-0.2, -0.15) is 0 Å². The van der Waals surface area contributed by atoms with Crippen LogP contribution in [-0.4, -0.2) is 32.5 Å². The van der Waals surface area contributed by atoms with Crippen LogP contribution in [0.3, 0.4) is 0 Å². The molecule has 1 aliphatic heterocycles. The molecule has 0 aromatic heterocycles. The van der Waals surface area contributed by atoms with E-state index in [2.05, 4.69) is 19.1 Å². The molecule has 2 unspecified atom stereocenters. The molecule has 1 heterocycles. The summed E-state index contributed by atoms with van der Waals surface area (Å²) in [5, 5.41) is 0. The minimum Gasteiger partial charge on any atom is -0.465 e. The van der Waals surface area contributed by atoms with Crippen LogP contribution in [0.4, 0.5) is 0 Å². The van der Waals surface area contributed by atoms with E-state index in [4.69, 9.17) is 13.8 Å². The summed E-state index contributed by atoms with van der Waals surface area (Å²) in [6.07, 6.45) is 22.7. The smallest absolute Gasteiger partial charge is 0.305 e. The van der Waals surface area contributed by atoms with Crippen LogP contribution in [0.15, 0.2) is 12.2 Å². The highest BCUT2D eigenvalue weighted by atomic mass is 31.2. The molecule has 4 nitrogen and oxygen atoms in total. The largest absolute Gasteiger partial charge is 0.465 e. The van der Waals surface area contributed by atoms with E-state index in [1.165, 1.54) is 70.6 Å². The van der Waals surface area contributed by atoms with Crippen LogP contribution in [0.1, 0.15) is 111 Å². The van der Waals surface area contributed by atoms with Gasteiger partial charge < -0.3 is 13.8 Å². The number of carbonyl (C=O) groups is 1. The minimum absolute atomic E-state index is 0.0636. The Morgan fingerprint density at radius 2 is 1.50 bits per heavy atom. The van der Waals surface area contributed by atoms with E-state index >= 15 is 0 Å². The van der Waals surface area contributed by atoms with Crippen LogP contribution in [0, 0.1) is 5.92 Å². The normalized spacial score (nSPS) is 18.4. The van der Waals surface area contributed by atoms with E-state index in [9.17, 15) is 4.79 Å². The molecular formula is C25H49O4P. The Morgan fingerprint density at radius 3 is 2.07 bits per heavy atom. The predicted molar refractivity (Wildman–Crippen MR) is 130 cm³/mol. The van der Waals surface area contributed by atoms with Gasteiger partial charge in [0.2, 0.25) is 0 Å². The van der Waals surface area contributed by atoms with Crippen LogP contribution in [0.25, 0.3) is 0 Å². The maximum absolute atomic E-state index is 11.8. The van der Waals surface area contributed by atoms with Crippen molar-refractivity contribution in [2.45, 2.75) is 111 Å². The van der Waals surface area contributed by atoms with Crippen LogP contribution < -0.4 is 0 Å². The Hall–Kier alpha value is -0.440. The van der Waals surface area contributed by atoms with Crippen LogP contribution >= 0.6 is 8.38 Å². The lowest BCUT2D eigenvalue weighted by Crippen LogP contribution is -2.15. The summed E-state index contributed by atoms with van der Waals surface area (Å²) < 4.78 is 16.1. The second kappa shape index (κ2) is 23.2. The average molecular weight is 445 g/mol. The van der Waals surface area contributed by atoms with Gasteiger partial charge in [-0.05, 0) is 32.1 Å². The number of ether oxygens (including phenoxy) is 1. The van der Waals surface area contributed by atoms with Gasteiger partial charge in [0, 0.05) is 25.6 Å². The lowest BCUT2D eigenvalue weighted by molar-refractivity contribution is -0.145. The van der Waals surface area contributed by atoms with Crippen molar-refractivity contribution < 1.29 is 18.6 Å². The minimum atomic E-state index is -0.738. The molecule has 0 aromatic rings. The van der Waals surface area contributed by atoms with Crippen LogP contribution in [-0.2, 0) is 18.6 Å². The van der Waals surface area contributed by atoms with Crippen molar-refractivity contribution in [1.29, 1.82) is 0 Å². The molecule has 0 N–H and O–H groups in total. The Morgan fingerprint density at radius 1 is 0.933 bits per heavy atom. The van der Waals surface area contributed by atoms with Crippen molar-refractivity contribution in [2.75, 3.05) is 26.5 Å². The van der Waals surface area contributed by atoms with Crippen molar-refractivity contribution in [3.05, 3.63) is 12.2 Å². The van der Waals surface area contributed by atoms with Crippen molar-refractivity contribution in [2.24, 2.45) is 5.92 Å². The van der Waals surface area contributed by atoms with Crippen molar-refractivity contribution in [3.63, 3.8) is 0 Å². The molecule has 0 aliphatic carbocycles. The number of unbranched alkanes of at least 4 members (excludes halogenated alkanes) is 11. The van der Waals surface area contributed by atoms with Gasteiger partial charge in [-0.3, -0.25) is 4.79 Å². The first-order valence-electron chi connectivity index (χ1n) is 12.5. The van der Waals surface area contributed by atoms with E-state index < -0.39 is 8.38 Å². The number of rotatable bonds is 18. The molecule has 0 amide bonds. The summed E-state index contributed by atoms with van der Waals surface area (Å²) >= 11 is 0. The molecule has 0 saturated carbocycles. The van der Waals surface area contributed by atoms with E-state index in [0.29, 0.717) is 25.6 Å². The van der Waals surface area contributed by atoms with Gasteiger partial charge in [-0.15, -0.1) is 0 Å². The summed E-state index contributed by atoms with van der Waals surface area (Å²) in [6.45, 7) is 7.40. The Kier molecular flexibility index (Phi) is 22.9. The third-order valence-corrected chi connectivity index (χ3v) is 6.85. The SMILES string of the molecule is CC.CCCCCCCC/C=C\CCCCCCCC(=O)OCC1COP(OC)C1. The zero-order chi connectivity index (χ0) is 22.3. The quantitative estimate of drug-likeness (QED) is 0.0925. The van der Waals surface area contributed by atoms with Crippen molar-refractivity contribution >= 4 is 14.3 Å². The third-order valence-electron chi connectivity index (χ3n) is 5.19. The highest BCUT2D eigenvalue weighted by Gasteiger charge is 2.27. The molecule has 1 aliphatic rings. The molecule has 2 atom stereocenters. The lowest BCUT2D eigenvalue weighted by atomic mass is 10.1. The van der Waals surface area contributed by atoms with Crippen LogP contribution in [0.2, 0.25) is 0 Å². The average Bonchev–Trinajstić information content (AvgIpc) is 3.24. The van der Waals surface area contributed by atoms with Gasteiger partial charge in [0.1, 0.15) is 0 Å². The molecule has 178 valence electrons. The summed E-state index contributed by atoms with van der Waals surface area (Å²) in [6, 6.07) is 0. The highest BCUT2D eigenvalue weighted by molar-refractivity contribution is 7.47. The standard InChI is InChI=1S/C23H43O4P.C2H6/c1-3-4-5-6-7-8-9-10-11-12-13-14-15-16-17-18-23(24)26-19-22-20-27-28(21-22)25-2;1-2/h10-11,22H,3-9,12-21H2,1-2H3;1-2H3/b11-10-;. The second-order valence-electron chi connectivity index (χ2n) is 7.88. The molecule has 1 rings (SSSR count). The maximum Gasteiger partial charge on any atom is 0.305 e. The van der Waals surface area contributed by atoms with E-state index in [1.807, 2.05) is 13.8 Å². The topological polar surface area (TPSA) is 44.8 Å². The summed E-state index contributed by atoms with van der Waals surface area (Å²) in [5.74, 6) is 0.246. The zero-order valence-corrected chi connectivity index (χ0v) is 21.2. The number of carbonyl (C=O) groups excluding carboxylic acids is 1. The Labute approximate surface area is 188 Å². The third kappa shape index (κ3) is 18.3. The monoisotopic (exact) mass is 444 g/mol. The number of allylic oxidation sites excluding steroid dienone is 2. The molecule has 1 saturated heterocycles. The molecule has 0 spiro atoms. The fourth-order valence-electron chi connectivity index (χ4n) is 3.36. The number of esters is 1. The first kappa shape index (κ1) is 29.6. The lowest BCUT2D eigenvalue weighted by Gasteiger charge is -2.09. The fourth-order valence-corrected chi connectivity index (χ4v) is 4.73. The van der Waals surface area contributed by atoms with Gasteiger partial charge in [0.05, 0.1) is 13.2 Å². The molecule has 0 bridgehead atoms. The van der Waals surface area contributed by atoms with Crippen molar-refractivity contribution in [1.82, 2.24) is 0 Å². The fraction of sp³-hybridized carbons (Fsp3) is 0.880. The first-order chi connectivity index (χ1) is 14.8. The van der Waals surface area contributed by atoms with E-state index in [1.54, 1.807) is 7.11 Å². The predicted octanol–water partition coefficient (Wildman–Crippen LogP) is 8.20. The molecule has 0 aromatic carbocycles. The van der Waals surface area contributed by atoms with Crippen LogP contribution in [0.5, 0.6) is 0 Å². The maximum atomic E-state index is 11.8. The molecule has 1 fully saturated rings. The summed E-state index contributed by atoms with van der Waals surface area (Å²) in [4.78, 5) is 11.8.